The number of aliphatic hydroxyl groups is 1. The second-order valence-electron chi connectivity index (χ2n) is 9.03. The van der Waals surface area contributed by atoms with E-state index in [-0.39, 0.29) is 31.6 Å². The Kier molecular flexibility index (Phi) is 7.96. The van der Waals surface area contributed by atoms with Gasteiger partial charge in [-0.25, -0.2) is 0 Å². The summed E-state index contributed by atoms with van der Waals surface area (Å²) in [5.74, 6) is 0.747. The fraction of sp³-hybridized carbons (Fsp3) is 0.125. The number of carbonyl (C=O) groups excluding carboxylic acids is 1. The number of para-hydroxylation sites is 1. The molecule has 0 unspecified atom stereocenters. The number of rotatable bonds is 3. The van der Waals surface area contributed by atoms with Crippen molar-refractivity contribution in [1.29, 1.82) is 0 Å². The molecule has 193 valence electrons. The Morgan fingerprint density at radius 2 is 1.68 bits per heavy atom. The van der Waals surface area contributed by atoms with Crippen LogP contribution in [0.4, 0.5) is 0 Å². The standard InChI is InChI=1S/C27H18NO2.C5H8O2.Ir/c1-16-14-20-19-10-6-7-11-23(19)30-27(20)17(2)26(16)25-15-22-24(29-25)13-12-21(28-22)18-8-4-3-5-9-18;1-4(6)3-5(2)7;/h3-8,10-15H,1-2H3;3,6H,1-2H3;/q-1;;/b;4-3-;. The van der Waals surface area contributed by atoms with Gasteiger partial charge >= 0.3 is 0 Å². The fourth-order valence-electron chi connectivity index (χ4n) is 4.61. The first kappa shape index (κ1) is 27.1. The number of aryl methyl sites for hydroxylation is 2. The minimum atomic E-state index is -0.125. The Balaban J connectivity index is 0.000000375. The molecule has 0 saturated carbocycles. The van der Waals surface area contributed by atoms with Crippen molar-refractivity contribution < 1.29 is 38.8 Å². The smallest absolute Gasteiger partial charge is 0.155 e. The molecule has 0 aliphatic carbocycles. The van der Waals surface area contributed by atoms with E-state index < -0.39 is 0 Å². The molecule has 1 N–H and O–H groups in total. The second-order valence-corrected chi connectivity index (χ2v) is 9.03. The average Bonchev–Trinajstić information content (AvgIpc) is 3.45. The summed E-state index contributed by atoms with van der Waals surface area (Å²) < 4.78 is 12.4. The average molecular weight is 681 g/mol. The molecule has 0 fully saturated rings. The first-order valence-electron chi connectivity index (χ1n) is 12.0. The van der Waals surface area contributed by atoms with Crippen LogP contribution in [0.5, 0.6) is 0 Å². The van der Waals surface area contributed by atoms with Crippen molar-refractivity contribution >= 4 is 38.8 Å². The summed E-state index contributed by atoms with van der Waals surface area (Å²) in [4.78, 5) is 14.8. The summed E-state index contributed by atoms with van der Waals surface area (Å²) in [7, 11) is 0. The first-order valence-corrected chi connectivity index (χ1v) is 12.0. The Morgan fingerprint density at radius 1 is 0.921 bits per heavy atom. The summed E-state index contributed by atoms with van der Waals surface area (Å²) in [6.07, 6.45) is 1.17. The van der Waals surface area contributed by atoms with Crippen LogP contribution in [0.25, 0.3) is 55.6 Å². The van der Waals surface area contributed by atoms with E-state index >= 15 is 0 Å². The van der Waals surface area contributed by atoms with E-state index in [9.17, 15) is 4.79 Å². The second kappa shape index (κ2) is 11.2. The van der Waals surface area contributed by atoms with E-state index in [1.165, 1.54) is 19.9 Å². The third-order valence-electron chi connectivity index (χ3n) is 6.12. The number of hydrogen-bond donors (Lipinski definition) is 1. The minimum absolute atomic E-state index is 0. The number of fused-ring (bicyclic) bond motifs is 4. The molecule has 1 radical (unpaired) electrons. The molecular formula is C32H26IrNO4-. The minimum Gasteiger partial charge on any atom is -0.512 e. The number of furan rings is 2. The van der Waals surface area contributed by atoms with Gasteiger partial charge in [0.15, 0.2) is 11.4 Å². The Bertz CT molecular complexity index is 1790. The van der Waals surface area contributed by atoms with E-state index in [1.54, 1.807) is 0 Å². The van der Waals surface area contributed by atoms with Gasteiger partial charge in [0.25, 0.3) is 0 Å². The maximum absolute atomic E-state index is 10.0. The fourth-order valence-corrected chi connectivity index (χ4v) is 4.61. The molecule has 3 heterocycles. The molecule has 6 aromatic rings. The molecule has 6 rings (SSSR count). The van der Waals surface area contributed by atoms with Gasteiger partial charge < -0.3 is 13.9 Å². The monoisotopic (exact) mass is 681 g/mol. The number of aliphatic hydroxyl groups excluding tert-OH is 1. The van der Waals surface area contributed by atoms with Crippen molar-refractivity contribution in [3.63, 3.8) is 0 Å². The third-order valence-corrected chi connectivity index (χ3v) is 6.12. The number of benzene rings is 3. The molecule has 3 aromatic carbocycles. The van der Waals surface area contributed by atoms with E-state index in [2.05, 4.69) is 32.0 Å². The number of aromatic nitrogens is 1. The predicted molar refractivity (Wildman–Crippen MR) is 148 cm³/mol. The Labute approximate surface area is 234 Å². The Morgan fingerprint density at radius 3 is 2.37 bits per heavy atom. The summed E-state index contributed by atoms with van der Waals surface area (Å²) in [5, 5.41) is 10.6. The molecule has 0 saturated heterocycles. The van der Waals surface area contributed by atoms with Crippen LogP contribution in [0.3, 0.4) is 0 Å². The zero-order chi connectivity index (χ0) is 26.1. The molecule has 0 aliphatic rings. The first-order chi connectivity index (χ1) is 17.8. The van der Waals surface area contributed by atoms with Crippen LogP contribution in [0, 0.1) is 19.9 Å². The van der Waals surface area contributed by atoms with Crippen molar-refractivity contribution in [3.8, 4) is 22.6 Å². The van der Waals surface area contributed by atoms with E-state index in [0.717, 1.165) is 66.7 Å². The molecule has 0 amide bonds. The summed E-state index contributed by atoms with van der Waals surface area (Å²) in [6, 6.07) is 27.4. The normalized spacial score (nSPS) is 11.3. The van der Waals surface area contributed by atoms with Crippen LogP contribution in [0.1, 0.15) is 25.0 Å². The van der Waals surface area contributed by atoms with Crippen molar-refractivity contribution in [2.24, 2.45) is 0 Å². The molecule has 0 aliphatic heterocycles. The quantitative estimate of drug-likeness (QED) is 0.115. The van der Waals surface area contributed by atoms with Gasteiger partial charge in [-0.2, -0.15) is 0 Å². The van der Waals surface area contributed by atoms with Gasteiger partial charge in [-0.15, -0.1) is 35.9 Å². The number of hydrogen-bond acceptors (Lipinski definition) is 5. The maximum atomic E-state index is 10.0. The van der Waals surface area contributed by atoms with Crippen molar-refractivity contribution in [2.45, 2.75) is 27.7 Å². The molecule has 3 aromatic heterocycles. The molecule has 0 spiro atoms. The number of allylic oxidation sites excluding steroid dienone is 2. The zero-order valence-corrected chi connectivity index (χ0v) is 23.9. The number of carbonyl (C=O) groups is 1. The van der Waals surface area contributed by atoms with E-state index in [0.29, 0.717) is 0 Å². The molecule has 0 atom stereocenters. The molecule has 38 heavy (non-hydrogen) atoms. The molecule has 5 nitrogen and oxygen atoms in total. The Hall–Kier alpha value is -3.99. The van der Waals surface area contributed by atoms with Gasteiger partial charge in [-0.1, -0.05) is 24.3 Å². The largest absolute Gasteiger partial charge is 0.512 e. The predicted octanol–water partition coefficient (Wildman–Crippen LogP) is 8.51. The number of ketones is 1. The third kappa shape index (κ3) is 5.33. The van der Waals surface area contributed by atoms with Gasteiger partial charge in [0.2, 0.25) is 0 Å². The van der Waals surface area contributed by atoms with Gasteiger partial charge in [0.1, 0.15) is 16.9 Å². The van der Waals surface area contributed by atoms with Crippen molar-refractivity contribution in [1.82, 2.24) is 4.98 Å². The van der Waals surface area contributed by atoms with Crippen LogP contribution >= 0.6 is 0 Å². The van der Waals surface area contributed by atoms with Gasteiger partial charge in [-0.05, 0) is 57.2 Å². The van der Waals surface area contributed by atoms with Crippen LogP contribution in [0.2, 0.25) is 0 Å². The van der Waals surface area contributed by atoms with Crippen molar-refractivity contribution in [2.75, 3.05) is 0 Å². The molecule has 6 heteroatoms. The number of pyridine rings is 1. The van der Waals surface area contributed by atoms with E-state index in [4.69, 9.17) is 18.9 Å². The SMILES string of the molecule is CC(=O)/C=C(/C)O.Cc1cc2c(oc3ccccc32)c(C)c1-c1cc2nc(-c3[c-]cccc3)ccc2o1.[Ir]. The zero-order valence-electron chi connectivity index (χ0n) is 21.5. The van der Waals surface area contributed by atoms with Crippen LogP contribution in [-0.2, 0) is 24.9 Å². The summed E-state index contributed by atoms with van der Waals surface area (Å²) >= 11 is 0. The summed E-state index contributed by atoms with van der Waals surface area (Å²) in [6.45, 7) is 7.06. The maximum Gasteiger partial charge on any atom is 0.155 e. The van der Waals surface area contributed by atoms with Gasteiger partial charge in [0, 0.05) is 54.1 Å². The molecular weight excluding hydrogens is 655 g/mol. The van der Waals surface area contributed by atoms with E-state index in [1.807, 2.05) is 60.7 Å². The van der Waals surface area contributed by atoms with Gasteiger partial charge in [-0.3, -0.25) is 9.78 Å². The van der Waals surface area contributed by atoms with Crippen LogP contribution < -0.4 is 0 Å². The summed E-state index contributed by atoms with van der Waals surface area (Å²) in [5.41, 5.74) is 8.57. The van der Waals surface area contributed by atoms with Crippen LogP contribution in [0.15, 0.2) is 93.5 Å². The van der Waals surface area contributed by atoms with Crippen molar-refractivity contribution in [3.05, 3.63) is 102 Å². The topological polar surface area (TPSA) is 76.5 Å². The number of nitrogens with zero attached hydrogens (tertiary/aromatic N) is 1. The van der Waals surface area contributed by atoms with Gasteiger partial charge in [0.05, 0.1) is 11.3 Å². The molecule has 0 bridgehead atoms. The van der Waals surface area contributed by atoms with Crippen LogP contribution in [-0.4, -0.2) is 15.9 Å².